The average Bonchev–Trinajstić information content (AvgIpc) is 2.99. The number of rotatable bonds is 6. The molecule has 5 nitrogen and oxygen atoms in total. The van der Waals surface area contributed by atoms with E-state index in [1.807, 2.05) is 36.4 Å². The minimum atomic E-state index is -0.456. The highest BCUT2D eigenvalue weighted by Crippen LogP contribution is 2.27. The number of benzene rings is 2. The zero-order chi connectivity index (χ0) is 23.2. The Labute approximate surface area is 193 Å². The van der Waals surface area contributed by atoms with Crippen LogP contribution in [0.2, 0.25) is 0 Å². The highest BCUT2D eigenvalue weighted by Gasteiger charge is 2.32. The Morgan fingerprint density at radius 2 is 1.97 bits per heavy atom. The maximum absolute atomic E-state index is 13.7. The third-order valence-electron chi connectivity index (χ3n) is 5.91. The Bertz CT molecular complexity index is 1150. The SMILES string of the molecule is C=CCN1CCN(C(=O)c2cccc(F)c2)C[C@@H](Cc2ccccc2-c2cccnc2)C1=O. The second kappa shape index (κ2) is 10.2. The zero-order valence-electron chi connectivity index (χ0n) is 18.4. The zero-order valence-corrected chi connectivity index (χ0v) is 18.4. The van der Waals surface area contributed by atoms with Crippen molar-refractivity contribution < 1.29 is 14.0 Å². The van der Waals surface area contributed by atoms with Gasteiger partial charge in [0.15, 0.2) is 0 Å². The smallest absolute Gasteiger partial charge is 0.254 e. The van der Waals surface area contributed by atoms with Crippen molar-refractivity contribution in [1.29, 1.82) is 0 Å². The minimum absolute atomic E-state index is 0.00886. The Balaban J connectivity index is 1.64. The van der Waals surface area contributed by atoms with Gasteiger partial charge in [0.1, 0.15) is 5.82 Å². The van der Waals surface area contributed by atoms with Gasteiger partial charge in [-0.1, -0.05) is 42.5 Å². The second-order valence-electron chi connectivity index (χ2n) is 8.13. The fraction of sp³-hybridized carbons (Fsp3) is 0.222. The van der Waals surface area contributed by atoms with Gasteiger partial charge in [0.2, 0.25) is 5.91 Å². The van der Waals surface area contributed by atoms with Crippen LogP contribution in [0.25, 0.3) is 11.1 Å². The van der Waals surface area contributed by atoms with Crippen LogP contribution in [0.4, 0.5) is 4.39 Å². The van der Waals surface area contributed by atoms with Crippen molar-refractivity contribution in [2.75, 3.05) is 26.2 Å². The van der Waals surface area contributed by atoms with Gasteiger partial charge in [0.25, 0.3) is 5.91 Å². The molecule has 0 saturated carbocycles. The van der Waals surface area contributed by atoms with E-state index >= 15 is 0 Å². The Hall–Kier alpha value is -3.80. The lowest BCUT2D eigenvalue weighted by Gasteiger charge is -2.24. The molecule has 33 heavy (non-hydrogen) atoms. The summed E-state index contributed by atoms with van der Waals surface area (Å²) in [6, 6.07) is 17.5. The molecule has 0 radical (unpaired) electrons. The predicted octanol–water partition coefficient (Wildman–Crippen LogP) is 4.22. The molecule has 1 aliphatic rings. The number of hydrogen-bond acceptors (Lipinski definition) is 3. The molecule has 1 atom stereocenters. The van der Waals surface area contributed by atoms with Crippen molar-refractivity contribution in [2.45, 2.75) is 6.42 Å². The van der Waals surface area contributed by atoms with Crippen LogP contribution in [0.3, 0.4) is 0 Å². The quantitative estimate of drug-likeness (QED) is 0.536. The number of nitrogens with zero attached hydrogens (tertiary/aromatic N) is 3. The van der Waals surface area contributed by atoms with E-state index in [1.165, 1.54) is 18.2 Å². The summed E-state index contributed by atoms with van der Waals surface area (Å²) in [6.07, 6.45) is 5.70. The molecule has 0 spiro atoms. The molecule has 4 rings (SSSR count). The first-order valence-corrected chi connectivity index (χ1v) is 11.0. The fourth-order valence-corrected chi connectivity index (χ4v) is 4.29. The van der Waals surface area contributed by atoms with Crippen molar-refractivity contribution in [2.24, 2.45) is 5.92 Å². The minimum Gasteiger partial charge on any atom is -0.337 e. The summed E-state index contributed by atoms with van der Waals surface area (Å²) >= 11 is 0. The van der Waals surface area contributed by atoms with Gasteiger partial charge in [-0.25, -0.2) is 4.39 Å². The van der Waals surface area contributed by atoms with Crippen LogP contribution in [-0.4, -0.2) is 52.8 Å². The topological polar surface area (TPSA) is 53.5 Å². The summed E-state index contributed by atoms with van der Waals surface area (Å²) in [5, 5.41) is 0. The molecule has 0 N–H and O–H groups in total. The third kappa shape index (κ3) is 5.17. The van der Waals surface area contributed by atoms with Gasteiger partial charge in [0, 0.05) is 49.7 Å². The molecule has 2 heterocycles. The molecule has 0 bridgehead atoms. The Morgan fingerprint density at radius 1 is 1.12 bits per heavy atom. The van der Waals surface area contributed by atoms with E-state index in [0.717, 1.165) is 16.7 Å². The first-order valence-electron chi connectivity index (χ1n) is 11.0. The molecular weight excluding hydrogens is 417 g/mol. The van der Waals surface area contributed by atoms with E-state index in [1.54, 1.807) is 34.3 Å². The van der Waals surface area contributed by atoms with Crippen molar-refractivity contribution in [3.63, 3.8) is 0 Å². The number of pyridine rings is 1. The lowest BCUT2D eigenvalue weighted by molar-refractivity contribution is -0.134. The maximum Gasteiger partial charge on any atom is 0.254 e. The summed E-state index contributed by atoms with van der Waals surface area (Å²) in [4.78, 5) is 34.2. The van der Waals surface area contributed by atoms with Crippen LogP contribution in [0, 0.1) is 11.7 Å². The molecule has 2 aromatic carbocycles. The van der Waals surface area contributed by atoms with Crippen LogP contribution >= 0.6 is 0 Å². The molecule has 1 aliphatic heterocycles. The first kappa shape index (κ1) is 22.4. The lowest BCUT2D eigenvalue weighted by atomic mass is 9.91. The van der Waals surface area contributed by atoms with Crippen molar-refractivity contribution in [1.82, 2.24) is 14.8 Å². The molecular formula is C27H26FN3O2. The van der Waals surface area contributed by atoms with Gasteiger partial charge in [-0.15, -0.1) is 6.58 Å². The van der Waals surface area contributed by atoms with E-state index < -0.39 is 11.7 Å². The number of hydrogen-bond donors (Lipinski definition) is 0. The van der Waals surface area contributed by atoms with E-state index in [9.17, 15) is 14.0 Å². The molecule has 1 saturated heterocycles. The Morgan fingerprint density at radius 3 is 2.73 bits per heavy atom. The number of carbonyl (C=O) groups excluding carboxylic acids is 2. The van der Waals surface area contributed by atoms with Crippen molar-refractivity contribution in [3.8, 4) is 11.1 Å². The molecule has 168 valence electrons. The van der Waals surface area contributed by atoms with E-state index in [-0.39, 0.29) is 23.9 Å². The van der Waals surface area contributed by atoms with Gasteiger partial charge in [-0.2, -0.15) is 0 Å². The predicted molar refractivity (Wildman–Crippen MR) is 126 cm³/mol. The summed E-state index contributed by atoms with van der Waals surface area (Å²) < 4.78 is 13.7. The second-order valence-corrected chi connectivity index (χ2v) is 8.13. The first-order chi connectivity index (χ1) is 16.1. The fourth-order valence-electron chi connectivity index (χ4n) is 4.29. The summed E-state index contributed by atoms with van der Waals surface area (Å²) in [5.41, 5.74) is 3.29. The van der Waals surface area contributed by atoms with Gasteiger partial charge >= 0.3 is 0 Å². The molecule has 1 aromatic heterocycles. The van der Waals surface area contributed by atoms with Gasteiger partial charge in [0.05, 0.1) is 5.92 Å². The van der Waals surface area contributed by atoms with Crippen LogP contribution in [0.5, 0.6) is 0 Å². The van der Waals surface area contributed by atoms with Crippen molar-refractivity contribution >= 4 is 11.8 Å². The van der Waals surface area contributed by atoms with Gasteiger partial charge in [-0.3, -0.25) is 14.6 Å². The maximum atomic E-state index is 13.7. The molecule has 1 fully saturated rings. The molecule has 0 aliphatic carbocycles. The number of halogens is 1. The Kier molecular flexibility index (Phi) is 6.93. The van der Waals surface area contributed by atoms with Gasteiger partial charge in [-0.05, 0) is 41.8 Å². The summed E-state index contributed by atoms with van der Waals surface area (Å²) in [6.45, 7) is 5.25. The highest BCUT2D eigenvalue weighted by atomic mass is 19.1. The van der Waals surface area contributed by atoms with E-state index in [0.29, 0.717) is 26.1 Å². The van der Waals surface area contributed by atoms with Crippen LogP contribution in [0.15, 0.2) is 85.7 Å². The van der Waals surface area contributed by atoms with Crippen LogP contribution < -0.4 is 0 Å². The normalized spacial score (nSPS) is 16.4. The van der Waals surface area contributed by atoms with Crippen LogP contribution in [0.1, 0.15) is 15.9 Å². The van der Waals surface area contributed by atoms with Crippen molar-refractivity contribution in [3.05, 3.63) is 103 Å². The largest absolute Gasteiger partial charge is 0.337 e. The average molecular weight is 444 g/mol. The molecule has 2 amide bonds. The highest BCUT2D eigenvalue weighted by molar-refractivity contribution is 5.95. The third-order valence-corrected chi connectivity index (χ3v) is 5.91. The van der Waals surface area contributed by atoms with E-state index in [4.69, 9.17) is 0 Å². The monoisotopic (exact) mass is 443 g/mol. The number of carbonyl (C=O) groups is 2. The summed E-state index contributed by atoms with van der Waals surface area (Å²) in [7, 11) is 0. The molecule has 3 aromatic rings. The molecule has 6 heteroatoms. The number of aromatic nitrogens is 1. The number of amides is 2. The lowest BCUT2D eigenvalue weighted by Crippen LogP contribution is -2.38. The van der Waals surface area contributed by atoms with Gasteiger partial charge < -0.3 is 9.80 Å². The van der Waals surface area contributed by atoms with Crippen LogP contribution in [-0.2, 0) is 11.2 Å². The standard InChI is InChI=1S/C27H26FN3O2/c1-2-13-30-14-15-31(26(32)21-8-5-10-24(28)17-21)19-23(27(30)33)16-20-7-3-4-11-25(20)22-9-6-12-29-18-22/h2-12,17-18,23H,1,13-16,19H2/t23-/m1/s1. The summed E-state index contributed by atoms with van der Waals surface area (Å²) in [5.74, 6) is -1.16. The molecule has 0 unspecified atom stereocenters. The van der Waals surface area contributed by atoms with E-state index in [2.05, 4.69) is 11.6 Å².